The average molecular weight is 570 g/mol. The molecule has 2 atom stereocenters. The highest BCUT2D eigenvalue weighted by molar-refractivity contribution is 8.00. The van der Waals surface area contributed by atoms with Crippen LogP contribution in [-0.4, -0.2) is 28.4 Å². The van der Waals surface area contributed by atoms with Crippen LogP contribution in [0.2, 0.25) is 5.02 Å². The minimum Gasteiger partial charge on any atom is -0.345 e. The lowest BCUT2D eigenvalue weighted by atomic mass is 10.1. The molecule has 1 aliphatic rings. The molecule has 1 aliphatic heterocycles. The van der Waals surface area contributed by atoms with Gasteiger partial charge in [-0.3, -0.25) is 14.4 Å². The van der Waals surface area contributed by atoms with E-state index in [2.05, 4.69) is 10.6 Å². The summed E-state index contributed by atoms with van der Waals surface area (Å²) in [5.41, 5.74) is 4.20. The quantitative estimate of drug-likeness (QED) is 0.243. The van der Waals surface area contributed by atoms with E-state index in [9.17, 15) is 14.4 Å². The lowest BCUT2D eigenvalue weighted by molar-refractivity contribution is -0.128. The fourth-order valence-corrected chi connectivity index (χ4v) is 5.88. The molecule has 5 rings (SSSR count). The van der Waals surface area contributed by atoms with Crippen molar-refractivity contribution in [1.82, 2.24) is 10.2 Å². The van der Waals surface area contributed by atoms with Gasteiger partial charge >= 0.3 is 0 Å². The Bertz CT molecular complexity index is 1510. The van der Waals surface area contributed by atoms with Crippen LogP contribution >= 0.6 is 23.4 Å². The predicted octanol–water partition coefficient (Wildman–Crippen LogP) is 6.86. The standard InChI is InChI=1S/C32H28ClN3O3S/c1-21(23-7-3-2-4-8-23)34-31(39)27-9-5-6-10-28(27)35-30(38)24-13-15-25(16-14-24)32-36(29(37)20-40-32)19-22-11-17-26(33)18-12-22/h2-18,21,32H,19-20H2,1H3,(H,34,39)(H,35,38)/t21-,32-/m0/s1. The number of nitrogens with one attached hydrogen (secondary N) is 2. The molecule has 0 unspecified atom stereocenters. The van der Waals surface area contributed by atoms with Crippen LogP contribution in [0.5, 0.6) is 0 Å². The molecule has 1 saturated heterocycles. The molecule has 202 valence electrons. The molecule has 4 aromatic rings. The van der Waals surface area contributed by atoms with Crippen molar-refractivity contribution in [2.75, 3.05) is 11.1 Å². The molecular weight excluding hydrogens is 542 g/mol. The molecule has 0 radical (unpaired) electrons. The summed E-state index contributed by atoms with van der Waals surface area (Å²) in [5.74, 6) is -0.118. The van der Waals surface area contributed by atoms with E-state index in [1.54, 1.807) is 48.2 Å². The van der Waals surface area contributed by atoms with E-state index in [0.717, 1.165) is 16.7 Å². The van der Waals surface area contributed by atoms with Crippen molar-refractivity contribution >= 4 is 46.8 Å². The number of thioether (sulfide) groups is 1. The number of rotatable bonds is 8. The third-order valence-corrected chi connectivity index (χ3v) is 8.27. The molecule has 6 nitrogen and oxygen atoms in total. The van der Waals surface area contributed by atoms with Gasteiger partial charge in [-0.05, 0) is 60.0 Å². The van der Waals surface area contributed by atoms with Gasteiger partial charge < -0.3 is 15.5 Å². The maximum Gasteiger partial charge on any atom is 0.255 e. The second-order valence-electron chi connectivity index (χ2n) is 9.54. The number of amides is 3. The third kappa shape index (κ3) is 6.38. The Kier molecular flexibility index (Phi) is 8.53. The summed E-state index contributed by atoms with van der Waals surface area (Å²) in [5, 5.41) is 6.40. The molecule has 0 aliphatic carbocycles. The van der Waals surface area contributed by atoms with Crippen molar-refractivity contribution in [3.8, 4) is 0 Å². The first kappa shape index (κ1) is 27.5. The van der Waals surface area contributed by atoms with Crippen molar-refractivity contribution in [1.29, 1.82) is 0 Å². The van der Waals surface area contributed by atoms with E-state index < -0.39 is 0 Å². The summed E-state index contributed by atoms with van der Waals surface area (Å²) < 4.78 is 0. The highest BCUT2D eigenvalue weighted by Gasteiger charge is 2.32. The van der Waals surface area contributed by atoms with Crippen LogP contribution in [0.15, 0.2) is 103 Å². The van der Waals surface area contributed by atoms with E-state index in [-0.39, 0.29) is 29.1 Å². The van der Waals surface area contributed by atoms with Crippen molar-refractivity contribution in [2.24, 2.45) is 0 Å². The summed E-state index contributed by atoms with van der Waals surface area (Å²) in [6, 6.07) is 31.2. The molecule has 1 fully saturated rings. The Hall–Kier alpha value is -4.07. The number of hydrogen-bond donors (Lipinski definition) is 2. The Morgan fingerprint density at radius 2 is 1.57 bits per heavy atom. The van der Waals surface area contributed by atoms with E-state index in [0.29, 0.717) is 34.1 Å². The van der Waals surface area contributed by atoms with Crippen LogP contribution in [0.3, 0.4) is 0 Å². The zero-order valence-corrected chi connectivity index (χ0v) is 23.4. The third-order valence-electron chi connectivity index (χ3n) is 6.76. The van der Waals surface area contributed by atoms with Gasteiger partial charge in [0.15, 0.2) is 0 Å². The second kappa shape index (κ2) is 12.4. The smallest absolute Gasteiger partial charge is 0.255 e. The van der Waals surface area contributed by atoms with Gasteiger partial charge in [-0.2, -0.15) is 0 Å². The van der Waals surface area contributed by atoms with Gasteiger partial charge in [0.25, 0.3) is 11.8 Å². The normalized spacial score (nSPS) is 15.5. The molecule has 4 aromatic carbocycles. The highest BCUT2D eigenvalue weighted by atomic mass is 35.5. The summed E-state index contributed by atoms with van der Waals surface area (Å²) in [4.78, 5) is 40.7. The van der Waals surface area contributed by atoms with Gasteiger partial charge in [0.05, 0.1) is 23.0 Å². The van der Waals surface area contributed by atoms with E-state index >= 15 is 0 Å². The minimum absolute atomic E-state index is 0.0724. The number of hydrogen-bond acceptors (Lipinski definition) is 4. The Labute approximate surface area is 242 Å². The van der Waals surface area contributed by atoms with Crippen LogP contribution < -0.4 is 10.6 Å². The van der Waals surface area contributed by atoms with Gasteiger partial charge in [0.1, 0.15) is 5.37 Å². The van der Waals surface area contributed by atoms with Crippen LogP contribution in [0.1, 0.15) is 55.7 Å². The minimum atomic E-state index is -0.323. The molecule has 0 saturated carbocycles. The number of carbonyl (C=O) groups is 3. The average Bonchev–Trinajstić information content (AvgIpc) is 3.34. The summed E-state index contributed by atoms with van der Waals surface area (Å²) in [6.07, 6.45) is 0. The summed E-state index contributed by atoms with van der Waals surface area (Å²) >= 11 is 7.57. The zero-order valence-electron chi connectivity index (χ0n) is 21.8. The number of benzene rings is 4. The fraction of sp³-hybridized carbons (Fsp3) is 0.156. The molecule has 0 spiro atoms. The Morgan fingerprint density at radius 1 is 0.900 bits per heavy atom. The maximum absolute atomic E-state index is 13.1. The molecule has 2 N–H and O–H groups in total. The number of nitrogens with zero attached hydrogens (tertiary/aromatic N) is 1. The Morgan fingerprint density at radius 3 is 2.30 bits per heavy atom. The lowest BCUT2D eigenvalue weighted by Crippen LogP contribution is -2.28. The first-order valence-electron chi connectivity index (χ1n) is 12.9. The van der Waals surface area contributed by atoms with Gasteiger partial charge in [-0.1, -0.05) is 78.3 Å². The van der Waals surface area contributed by atoms with E-state index in [4.69, 9.17) is 11.6 Å². The summed E-state index contributed by atoms with van der Waals surface area (Å²) in [6.45, 7) is 2.40. The number of carbonyl (C=O) groups excluding carboxylic acids is 3. The van der Waals surface area contributed by atoms with Crippen LogP contribution in [0.25, 0.3) is 0 Å². The largest absolute Gasteiger partial charge is 0.345 e. The molecule has 8 heteroatoms. The monoisotopic (exact) mass is 569 g/mol. The SMILES string of the molecule is C[C@H](NC(=O)c1ccccc1NC(=O)c1ccc([C@@H]2SCC(=O)N2Cc2ccc(Cl)cc2)cc1)c1ccccc1. The molecule has 40 heavy (non-hydrogen) atoms. The van der Waals surface area contributed by atoms with Gasteiger partial charge in [0, 0.05) is 17.1 Å². The first-order valence-corrected chi connectivity index (χ1v) is 14.3. The number of halogens is 1. The maximum atomic E-state index is 13.1. The Balaban J connectivity index is 1.26. The second-order valence-corrected chi connectivity index (χ2v) is 11.0. The van der Waals surface area contributed by atoms with Gasteiger partial charge in [-0.25, -0.2) is 0 Å². The van der Waals surface area contributed by atoms with Gasteiger partial charge in [0.2, 0.25) is 5.91 Å². The highest BCUT2D eigenvalue weighted by Crippen LogP contribution is 2.39. The van der Waals surface area contributed by atoms with E-state index in [1.165, 1.54) is 0 Å². The molecule has 0 bridgehead atoms. The van der Waals surface area contributed by atoms with Crippen molar-refractivity contribution < 1.29 is 14.4 Å². The topological polar surface area (TPSA) is 78.5 Å². The van der Waals surface area contributed by atoms with Crippen molar-refractivity contribution in [3.63, 3.8) is 0 Å². The van der Waals surface area contributed by atoms with Crippen molar-refractivity contribution in [2.45, 2.75) is 24.9 Å². The summed E-state index contributed by atoms with van der Waals surface area (Å²) in [7, 11) is 0. The fourth-order valence-electron chi connectivity index (χ4n) is 4.57. The molecular formula is C32H28ClN3O3S. The van der Waals surface area contributed by atoms with E-state index in [1.807, 2.05) is 78.6 Å². The van der Waals surface area contributed by atoms with Crippen LogP contribution in [0.4, 0.5) is 5.69 Å². The number of anilines is 1. The molecule has 3 amide bonds. The van der Waals surface area contributed by atoms with Crippen LogP contribution in [-0.2, 0) is 11.3 Å². The van der Waals surface area contributed by atoms with Crippen LogP contribution in [0, 0.1) is 0 Å². The molecule has 1 heterocycles. The molecule has 0 aromatic heterocycles. The predicted molar refractivity (Wildman–Crippen MR) is 160 cm³/mol. The van der Waals surface area contributed by atoms with Gasteiger partial charge in [-0.15, -0.1) is 11.8 Å². The zero-order chi connectivity index (χ0) is 28.1. The first-order chi connectivity index (χ1) is 19.4. The lowest BCUT2D eigenvalue weighted by Gasteiger charge is -2.24. The number of para-hydroxylation sites is 1. The van der Waals surface area contributed by atoms with Crippen molar-refractivity contribution in [3.05, 3.63) is 136 Å².